The van der Waals surface area contributed by atoms with Gasteiger partial charge >= 0.3 is 5.97 Å². The summed E-state index contributed by atoms with van der Waals surface area (Å²) in [6.45, 7) is 3.20. The number of hydrogen-bond donors (Lipinski definition) is 1. The van der Waals surface area contributed by atoms with Crippen LogP contribution in [0.1, 0.15) is 21.7 Å². The molecule has 0 spiro atoms. The molecular formula is C20H17Cl2N3O3. The minimum Gasteiger partial charge on any atom is -0.452 e. The summed E-state index contributed by atoms with van der Waals surface area (Å²) in [5, 5.41) is 7.82. The van der Waals surface area contributed by atoms with Gasteiger partial charge in [0.1, 0.15) is 0 Å². The van der Waals surface area contributed by atoms with Crippen LogP contribution in [0.25, 0.3) is 5.69 Å². The molecule has 0 atom stereocenters. The molecule has 0 aliphatic carbocycles. The van der Waals surface area contributed by atoms with Gasteiger partial charge in [0, 0.05) is 10.0 Å². The molecule has 3 aromatic rings. The summed E-state index contributed by atoms with van der Waals surface area (Å²) < 4.78 is 6.79. The fourth-order valence-electron chi connectivity index (χ4n) is 2.71. The Morgan fingerprint density at radius 2 is 1.71 bits per heavy atom. The van der Waals surface area contributed by atoms with Gasteiger partial charge in [-0.2, -0.15) is 5.10 Å². The van der Waals surface area contributed by atoms with Gasteiger partial charge in [0.05, 0.1) is 28.3 Å². The number of benzene rings is 2. The molecule has 0 bridgehead atoms. The zero-order chi connectivity index (χ0) is 20.3. The van der Waals surface area contributed by atoms with Crippen molar-refractivity contribution < 1.29 is 14.3 Å². The SMILES string of the molecule is Cc1nn(-c2ccccc2)c(C)c1NC(=O)COC(=O)c1cc(Cl)cc(Cl)c1. The highest BCUT2D eigenvalue weighted by Crippen LogP contribution is 2.23. The zero-order valence-corrected chi connectivity index (χ0v) is 16.7. The number of rotatable bonds is 5. The first-order chi connectivity index (χ1) is 13.3. The molecule has 0 aliphatic heterocycles. The standard InChI is InChI=1S/C20H17Cl2N3O3/c1-12-19(13(2)25(24-12)17-6-4-3-5-7-17)23-18(26)11-28-20(27)14-8-15(21)10-16(22)9-14/h3-10H,11H2,1-2H3,(H,23,26). The van der Waals surface area contributed by atoms with Crippen LogP contribution in [-0.4, -0.2) is 28.3 Å². The largest absolute Gasteiger partial charge is 0.452 e. The lowest BCUT2D eigenvalue weighted by molar-refractivity contribution is -0.119. The van der Waals surface area contributed by atoms with Gasteiger partial charge in [0.25, 0.3) is 5.91 Å². The summed E-state index contributed by atoms with van der Waals surface area (Å²) in [4.78, 5) is 24.3. The third kappa shape index (κ3) is 4.52. The monoisotopic (exact) mass is 417 g/mol. The summed E-state index contributed by atoms with van der Waals surface area (Å²) in [7, 11) is 0. The molecule has 8 heteroatoms. The summed E-state index contributed by atoms with van der Waals surface area (Å²) in [5.41, 5.74) is 3.06. The maximum absolute atomic E-state index is 12.3. The fourth-order valence-corrected chi connectivity index (χ4v) is 3.23. The molecule has 0 saturated heterocycles. The van der Waals surface area contributed by atoms with Gasteiger partial charge in [-0.3, -0.25) is 4.79 Å². The van der Waals surface area contributed by atoms with Crippen molar-refractivity contribution in [2.75, 3.05) is 11.9 Å². The van der Waals surface area contributed by atoms with Crippen LogP contribution in [0.5, 0.6) is 0 Å². The Balaban J connectivity index is 1.67. The fraction of sp³-hybridized carbons (Fsp3) is 0.150. The second-order valence-electron chi connectivity index (χ2n) is 6.08. The van der Waals surface area contributed by atoms with Gasteiger partial charge in [-0.25, -0.2) is 9.48 Å². The summed E-state index contributed by atoms with van der Waals surface area (Å²) in [5.74, 6) is -1.16. The van der Waals surface area contributed by atoms with Crippen molar-refractivity contribution in [2.24, 2.45) is 0 Å². The molecule has 0 radical (unpaired) electrons. The Labute approximate surface area is 172 Å². The van der Waals surface area contributed by atoms with Crippen molar-refractivity contribution in [3.63, 3.8) is 0 Å². The lowest BCUT2D eigenvalue weighted by Gasteiger charge is -2.08. The number of nitrogens with one attached hydrogen (secondary N) is 1. The number of para-hydroxylation sites is 1. The van der Waals surface area contributed by atoms with Crippen LogP contribution < -0.4 is 5.32 Å². The van der Waals surface area contributed by atoms with Crippen molar-refractivity contribution in [3.8, 4) is 5.69 Å². The van der Waals surface area contributed by atoms with E-state index in [0.29, 0.717) is 21.4 Å². The Morgan fingerprint density at radius 3 is 2.36 bits per heavy atom. The topological polar surface area (TPSA) is 73.2 Å². The summed E-state index contributed by atoms with van der Waals surface area (Å²) in [6.07, 6.45) is 0. The van der Waals surface area contributed by atoms with E-state index < -0.39 is 18.5 Å². The van der Waals surface area contributed by atoms with Gasteiger partial charge in [0.15, 0.2) is 6.61 Å². The van der Waals surface area contributed by atoms with Gasteiger partial charge in [-0.05, 0) is 44.2 Å². The average molecular weight is 418 g/mol. The molecule has 0 unspecified atom stereocenters. The second kappa shape index (κ2) is 8.46. The van der Waals surface area contributed by atoms with Crippen molar-refractivity contribution >= 4 is 40.8 Å². The van der Waals surface area contributed by atoms with Crippen molar-refractivity contribution in [1.29, 1.82) is 0 Å². The number of carbonyl (C=O) groups excluding carboxylic acids is 2. The highest BCUT2D eigenvalue weighted by Gasteiger charge is 2.17. The van der Waals surface area contributed by atoms with Crippen LogP contribution in [0.4, 0.5) is 5.69 Å². The lowest BCUT2D eigenvalue weighted by atomic mass is 10.2. The van der Waals surface area contributed by atoms with Crippen molar-refractivity contribution in [2.45, 2.75) is 13.8 Å². The second-order valence-corrected chi connectivity index (χ2v) is 6.95. The van der Waals surface area contributed by atoms with Crippen LogP contribution in [-0.2, 0) is 9.53 Å². The predicted molar refractivity (Wildman–Crippen MR) is 108 cm³/mol. The van der Waals surface area contributed by atoms with Crippen LogP contribution in [0.15, 0.2) is 48.5 Å². The molecule has 144 valence electrons. The normalized spacial score (nSPS) is 10.6. The molecule has 1 amide bonds. The molecule has 0 fully saturated rings. The number of nitrogens with zero attached hydrogens (tertiary/aromatic N) is 2. The Kier molecular flexibility index (Phi) is 6.02. The minimum absolute atomic E-state index is 0.176. The number of aromatic nitrogens is 2. The highest BCUT2D eigenvalue weighted by molar-refractivity contribution is 6.35. The molecule has 0 saturated carbocycles. The Morgan fingerprint density at radius 1 is 1.07 bits per heavy atom. The molecule has 28 heavy (non-hydrogen) atoms. The van der Waals surface area contributed by atoms with E-state index in [1.54, 1.807) is 11.6 Å². The Bertz CT molecular complexity index is 1010. The number of hydrogen-bond acceptors (Lipinski definition) is 4. The van der Waals surface area contributed by atoms with Gasteiger partial charge in [0.2, 0.25) is 0 Å². The third-order valence-electron chi connectivity index (χ3n) is 3.99. The maximum Gasteiger partial charge on any atom is 0.338 e. The first kappa shape index (κ1) is 19.9. The van der Waals surface area contributed by atoms with Crippen LogP contribution in [0.3, 0.4) is 0 Å². The molecule has 0 aliphatic rings. The quantitative estimate of drug-likeness (QED) is 0.615. The van der Waals surface area contributed by atoms with E-state index in [2.05, 4.69) is 10.4 Å². The molecular weight excluding hydrogens is 401 g/mol. The van der Waals surface area contributed by atoms with E-state index in [9.17, 15) is 9.59 Å². The number of ether oxygens (including phenoxy) is 1. The highest BCUT2D eigenvalue weighted by atomic mass is 35.5. The van der Waals surface area contributed by atoms with E-state index in [1.807, 2.05) is 37.3 Å². The van der Waals surface area contributed by atoms with Gasteiger partial charge in [-0.1, -0.05) is 41.4 Å². The van der Waals surface area contributed by atoms with Crippen LogP contribution in [0.2, 0.25) is 10.0 Å². The molecule has 3 rings (SSSR count). The number of amides is 1. The van der Waals surface area contributed by atoms with E-state index in [1.165, 1.54) is 18.2 Å². The summed E-state index contributed by atoms with van der Waals surface area (Å²) >= 11 is 11.7. The predicted octanol–water partition coefficient (Wildman–Crippen LogP) is 4.59. The van der Waals surface area contributed by atoms with Crippen LogP contribution in [0, 0.1) is 13.8 Å². The van der Waals surface area contributed by atoms with Crippen molar-refractivity contribution in [3.05, 3.63) is 75.5 Å². The number of esters is 1. The molecule has 1 aromatic heterocycles. The Hall–Kier alpha value is -2.83. The molecule has 1 N–H and O–H groups in total. The lowest BCUT2D eigenvalue weighted by Crippen LogP contribution is -2.21. The number of aryl methyl sites for hydroxylation is 1. The average Bonchev–Trinajstić information content (AvgIpc) is 2.94. The zero-order valence-electron chi connectivity index (χ0n) is 15.2. The molecule has 2 aromatic carbocycles. The van der Waals surface area contributed by atoms with Gasteiger partial charge < -0.3 is 10.1 Å². The van der Waals surface area contributed by atoms with E-state index in [-0.39, 0.29) is 5.56 Å². The molecule has 6 nitrogen and oxygen atoms in total. The third-order valence-corrected chi connectivity index (χ3v) is 4.43. The van der Waals surface area contributed by atoms with Crippen LogP contribution >= 0.6 is 23.2 Å². The minimum atomic E-state index is -0.687. The molecule has 1 heterocycles. The van der Waals surface area contributed by atoms with E-state index >= 15 is 0 Å². The number of carbonyl (C=O) groups is 2. The van der Waals surface area contributed by atoms with E-state index in [0.717, 1.165) is 11.4 Å². The smallest absolute Gasteiger partial charge is 0.338 e. The number of anilines is 1. The number of halogens is 2. The van der Waals surface area contributed by atoms with E-state index in [4.69, 9.17) is 27.9 Å². The van der Waals surface area contributed by atoms with Crippen molar-refractivity contribution in [1.82, 2.24) is 9.78 Å². The summed E-state index contributed by atoms with van der Waals surface area (Å²) in [6, 6.07) is 13.9. The first-order valence-electron chi connectivity index (χ1n) is 8.40. The maximum atomic E-state index is 12.3. The first-order valence-corrected chi connectivity index (χ1v) is 9.15. The van der Waals surface area contributed by atoms with Gasteiger partial charge in [-0.15, -0.1) is 0 Å².